The second-order valence-corrected chi connectivity index (χ2v) is 3.22. The molecule has 1 heteroatoms. The lowest BCUT2D eigenvalue weighted by atomic mass is 10.0. The lowest BCUT2D eigenvalue weighted by Crippen LogP contribution is -2.06. The molecule has 0 spiro atoms. The first-order chi connectivity index (χ1) is 5.76. The zero-order valence-electron chi connectivity index (χ0n) is 6.75. The van der Waals surface area contributed by atoms with Crippen LogP contribution in [0.25, 0.3) is 0 Å². The molecule has 0 heterocycles. The monoisotopic (exact) mass is 158 g/mol. The molecule has 1 aliphatic carbocycles. The first-order valence-electron chi connectivity index (χ1n) is 4.05. The third kappa shape index (κ3) is 1.01. The number of hydrogen-bond acceptors (Lipinski definition) is 1. The van der Waals surface area contributed by atoms with Crippen molar-refractivity contribution in [1.29, 1.82) is 0 Å². The van der Waals surface area contributed by atoms with Crippen LogP contribution in [0.2, 0.25) is 0 Å². The summed E-state index contributed by atoms with van der Waals surface area (Å²) in [5, 5.41) is 9.82. The normalized spacial score (nSPS) is 18.3. The van der Waals surface area contributed by atoms with E-state index in [1.54, 1.807) is 0 Å². The Bertz CT molecular complexity index is 342. The molecule has 1 aliphatic rings. The van der Waals surface area contributed by atoms with E-state index in [2.05, 4.69) is 5.92 Å². The van der Waals surface area contributed by atoms with Crippen molar-refractivity contribution in [3.05, 3.63) is 35.4 Å². The van der Waals surface area contributed by atoms with Gasteiger partial charge in [0.15, 0.2) is 0 Å². The predicted molar refractivity (Wildman–Crippen MR) is 47.5 cm³/mol. The van der Waals surface area contributed by atoms with E-state index in [4.69, 9.17) is 6.42 Å². The SMILES string of the molecule is C#Cc1ccccc1C1(O)CC1. The van der Waals surface area contributed by atoms with E-state index in [1.165, 1.54) is 0 Å². The Kier molecular flexibility index (Phi) is 1.46. The van der Waals surface area contributed by atoms with Crippen LogP contribution in [-0.2, 0) is 5.60 Å². The molecule has 60 valence electrons. The number of aliphatic hydroxyl groups is 1. The van der Waals surface area contributed by atoms with Crippen molar-refractivity contribution in [1.82, 2.24) is 0 Å². The van der Waals surface area contributed by atoms with E-state index >= 15 is 0 Å². The summed E-state index contributed by atoms with van der Waals surface area (Å²) in [5.74, 6) is 2.58. The fraction of sp³-hybridized carbons (Fsp3) is 0.273. The highest BCUT2D eigenvalue weighted by molar-refractivity contribution is 5.44. The van der Waals surface area contributed by atoms with E-state index in [1.807, 2.05) is 24.3 Å². The molecule has 0 radical (unpaired) electrons. The highest BCUT2D eigenvalue weighted by Crippen LogP contribution is 2.46. The van der Waals surface area contributed by atoms with Gasteiger partial charge < -0.3 is 5.11 Å². The Morgan fingerprint density at radius 2 is 2.00 bits per heavy atom. The molecule has 0 saturated heterocycles. The molecule has 0 bridgehead atoms. The Morgan fingerprint density at radius 1 is 1.33 bits per heavy atom. The lowest BCUT2D eigenvalue weighted by Gasteiger charge is -2.09. The highest BCUT2D eigenvalue weighted by Gasteiger charge is 2.43. The molecule has 1 N–H and O–H groups in total. The average Bonchev–Trinajstić information content (AvgIpc) is 2.85. The quantitative estimate of drug-likeness (QED) is 0.616. The van der Waals surface area contributed by atoms with Crippen molar-refractivity contribution < 1.29 is 5.11 Å². The van der Waals surface area contributed by atoms with Gasteiger partial charge in [-0.3, -0.25) is 0 Å². The van der Waals surface area contributed by atoms with Crippen molar-refractivity contribution >= 4 is 0 Å². The second kappa shape index (κ2) is 2.36. The minimum absolute atomic E-state index is 0.608. The van der Waals surface area contributed by atoms with Crippen molar-refractivity contribution in [2.45, 2.75) is 18.4 Å². The molecule has 12 heavy (non-hydrogen) atoms. The first-order valence-corrected chi connectivity index (χ1v) is 4.05. The van der Waals surface area contributed by atoms with Crippen molar-refractivity contribution in [3.63, 3.8) is 0 Å². The third-order valence-corrected chi connectivity index (χ3v) is 2.31. The molecule has 1 aromatic carbocycles. The van der Waals surface area contributed by atoms with E-state index in [-0.39, 0.29) is 0 Å². The van der Waals surface area contributed by atoms with E-state index < -0.39 is 5.60 Å². The number of benzene rings is 1. The predicted octanol–water partition coefficient (Wildman–Crippen LogP) is 1.65. The van der Waals surface area contributed by atoms with Gasteiger partial charge in [0.25, 0.3) is 0 Å². The number of rotatable bonds is 1. The molecular weight excluding hydrogens is 148 g/mol. The Hall–Kier alpha value is -1.26. The fourth-order valence-corrected chi connectivity index (χ4v) is 1.40. The molecule has 0 aliphatic heterocycles. The van der Waals surface area contributed by atoms with Gasteiger partial charge in [-0.2, -0.15) is 0 Å². The summed E-state index contributed by atoms with van der Waals surface area (Å²) < 4.78 is 0. The topological polar surface area (TPSA) is 20.2 Å². The smallest absolute Gasteiger partial charge is 0.0911 e. The van der Waals surface area contributed by atoms with Gasteiger partial charge in [0.2, 0.25) is 0 Å². The van der Waals surface area contributed by atoms with Crippen LogP contribution in [0.3, 0.4) is 0 Å². The summed E-state index contributed by atoms with van der Waals surface area (Å²) >= 11 is 0. The van der Waals surface area contributed by atoms with Crippen molar-refractivity contribution in [3.8, 4) is 12.3 Å². The zero-order valence-corrected chi connectivity index (χ0v) is 6.75. The molecule has 0 amide bonds. The van der Waals surface area contributed by atoms with Gasteiger partial charge >= 0.3 is 0 Å². The maximum absolute atomic E-state index is 9.82. The van der Waals surface area contributed by atoms with E-state index in [0.717, 1.165) is 24.0 Å². The summed E-state index contributed by atoms with van der Waals surface area (Å²) in [6.45, 7) is 0. The summed E-state index contributed by atoms with van der Waals surface area (Å²) in [6, 6.07) is 7.57. The van der Waals surface area contributed by atoms with Gasteiger partial charge in [-0.25, -0.2) is 0 Å². The molecular formula is C11H10O. The fourth-order valence-electron chi connectivity index (χ4n) is 1.40. The molecule has 0 atom stereocenters. The Balaban J connectivity index is 2.50. The minimum Gasteiger partial charge on any atom is -0.385 e. The molecule has 1 nitrogen and oxygen atoms in total. The molecule has 2 rings (SSSR count). The third-order valence-electron chi connectivity index (χ3n) is 2.31. The van der Waals surface area contributed by atoms with E-state index in [9.17, 15) is 5.11 Å². The van der Waals surface area contributed by atoms with Crippen LogP contribution in [0.15, 0.2) is 24.3 Å². The Morgan fingerprint density at radius 3 is 2.58 bits per heavy atom. The van der Waals surface area contributed by atoms with Crippen LogP contribution >= 0.6 is 0 Å². The van der Waals surface area contributed by atoms with Gasteiger partial charge in [0.1, 0.15) is 0 Å². The minimum atomic E-state index is -0.608. The standard InChI is InChI=1S/C11H10O/c1-2-9-5-3-4-6-10(9)11(12)7-8-11/h1,3-6,12H,7-8H2. The largest absolute Gasteiger partial charge is 0.385 e. The number of terminal acetylenes is 1. The van der Waals surface area contributed by atoms with Crippen LogP contribution in [-0.4, -0.2) is 5.11 Å². The average molecular weight is 158 g/mol. The van der Waals surface area contributed by atoms with Gasteiger partial charge in [0, 0.05) is 5.56 Å². The van der Waals surface area contributed by atoms with Crippen molar-refractivity contribution in [2.75, 3.05) is 0 Å². The molecule has 1 fully saturated rings. The van der Waals surface area contributed by atoms with Crippen LogP contribution in [0.4, 0.5) is 0 Å². The second-order valence-electron chi connectivity index (χ2n) is 3.22. The van der Waals surface area contributed by atoms with Gasteiger partial charge in [-0.1, -0.05) is 24.1 Å². The summed E-state index contributed by atoms with van der Waals surface area (Å²) in [4.78, 5) is 0. The van der Waals surface area contributed by atoms with Gasteiger partial charge in [-0.15, -0.1) is 6.42 Å². The maximum Gasteiger partial charge on any atom is 0.0911 e. The molecule has 1 aromatic rings. The summed E-state index contributed by atoms with van der Waals surface area (Å²) in [6.07, 6.45) is 6.99. The van der Waals surface area contributed by atoms with E-state index in [0.29, 0.717) is 0 Å². The zero-order chi connectivity index (χ0) is 8.60. The molecule has 1 saturated carbocycles. The van der Waals surface area contributed by atoms with Gasteiger partial charge in [-0.05, 0) is 24.5 Å². The summed E-state index contributed by atoms with van der Waals surface area (Å²) in [5.41, 5.74) is 1.12. The Labute approximate surface area is 72.0 Å². The van der Waals surface area contributed by atoms with Crippen LogP contribution in [0, 0.1) is 12.3 Å². The maximum atomic E-state index is 9.82. The molecule has 0 unspecified atom stereocenters. The van der Waals surface area contributed by atoms with Crippen LogP contribution < -0.4 is 0 Å². The van der Waals surface area contributed by atoms with Gasteiger partial charge in [0.05, 0.1) is 5.60 Å². The molecule has 0 aromatic heterocycles. The number of hydrogen-bond donors (Lipinski definition) is 1. The first kappa shape index (κ1) is 7.39. The highest BCUT2D eigenvalue weighted by atomic mass is 16.3. The van der Waals surface area contributed by atoms with Crippen molar-refractivity contribution in [2.24, 2.45) is 0 Å². The lowest BCUT2D eigenvalue weighted by molar-refractivity contribution is 0.151. The van der Waals surface area contributed by atoms with Crippen LogP contribution in [0.5, 0.6) is 0 Å². The van der Waals surface area contributed by atoms with Crippen LogP contribution in [0.1, 0.15) is 24.0 Å². The summed E-state index contributed by atoms with van der Waals surface area (Å²) in [7, 11) is 0.